The molecule has 1 amide bonds. The number of carbonyl (C=O) groups is 2. The molecule has 0 heterocycles. The molecule has 0 aliphatic heterocycles. The van der Waals surface area contributed by atoms with Crippen molar-refractivity contribution in [1.82, 2.24) is 5.32 Å². The third-order valence-electron chi connectivity index (χ3n) is 10.1. The van der Waals surface area contributed by atoms with Crippen LogP contribution in [0.5, 0.6) is 0 Å². The van der Waals surface area contributed by atoms with Gasteiger partial charge in [-0.15, -0.1) is 0 Å². The minimum Gasteiger partial charge on any atom is -0.462 e. The first-order valence-corrected chi connectivity index (χ1v) is 24.5. The molecule has 6 heteroatoms. The third kappa shape index (κ3) is 42.7. The van der Waals surface area contributed by atoms with Gasteiger partial charge in [0.05, 0.1) is 25.2 Å². The van der Waals surface area contributed by atoms with Crippen LogP contribution >= 0.6 is 0 Å². The maximum absolute atomic E-state index is 13.2. The molecular formula is C56H89NO5. The molecule has 0 saturated carbocycles. The number of esters is 1. The number of unbranched alkanes of at least 4 members (excludes halogenated alkanes) is 12. The third-order valence-corrected chi connectivity index (χ3v) is 10.1. The topological polar surface area (TPSA) is 95.9 Å². The van der Waals surface area contributed by atoms with Gasteiger partial charge in [-0.05, 0) is 70.6 Å². The number of amides is 1. The number of ether oxygens (including phenoxy) is 1. The van der Waals surface area contributed by atoms with E-state index >= 15 is 0 Å². The lowest BCUT2D eigenvalue weighted by atomic mass is 10.0. The Hall–Kier alpha value is -4.00. The van der Waals surface area contributed by atoms with Crippen molar-refractivity contribution in [3.63, 3.8) is 0 Å². The fourth-order valence-corrected chi connectivity index (χ4v) is 6.51. The predicted molar refractivity (Wildman–Crippen MR) is 268 cm³/mol. The number of carbonyl (C=O) groups excluding carboxylic acids is 2. The van der Waals surface area contributed by atoms with Gasteiger partial charge in [0.1, 0.15) is 6.10 Å². The zero-order chi connectivity index (χ0) is 45.2. The summed E-state index contributed by atoms with van der Waals surface area (Å²) < 4.78 is 5.84. The summed E-state index contributed by atoms with van der Waals surface area (Å²) in [5.41, 5.74) is 0. The van der Waals surface area contributed by atoms with Gasteiger partial charge >= 0.3 is 5.97 Å². The second-order valence-corrected chi connectivity index (χ2v) is 15.9. The number of hydrogen-bond acceptors (Lipinski definition) is 5. The number of allylic oxidation sites excluding steroid dienone is 22. The van der Waals surface area contributed by atoms with Gasteiger partial charge in [-0.2, -0.15) is 0 Å². The Kier molecular flexibility index (Phi) is 44.9. The van der Waals surface area contributed by atoms with E-state index in [2.05, 4.69) is 92.9 Å². The molecule has 0 aromatic rings. The highest BCUT2D eigenvalue weighted by Crippen LogP contribution is 2.16. The molecule has 0 spiro atoms. The van der Waals surface area contributed by atoms with Crippen molar-refractivity contribution in [3.05, 3.63) is 134 Å². The molecule has 0 aliphatic rings. The normalized spacial score (nSPS) is 14.5. The molecule has 6 nitrogen and oxygen atoms in total. The van der Waals surface area contributed by atoms with Crippen LogP contribution in [0.2, 0.25) is 0 Å². The Balaban J connectivity index is 4.90. The van der Waals surface area contributed by atoms with Crippen molar-refractivity contribution in [2.75, 3.05) is 6.61 Å². The summed E-state index contributed by atoms with van der Waals surface area (Å²) in [6.45, 7) is 6.16. The number of nitrogens with one attached hydrogen (secondary N) is 1. The molecule has 0 bridgehead atoms. The molecule has 0 fully saturated rings. The van der Waals surface area contributed by atoms with E-state index in [0.717, 1.165) is 70.6 Å². The van der Waals surface area contributed by atoms with Crippen molar-refractivity contribution < 1.29 is 24.5 Å². The summed E-state index contributed by atoms with van der Waals surface area (Å²) in [5.74, 6) is -0.665. The van der Waals surface area contributed by atoms with Crippen molar-refractivity contribution in [2.24, 2.45) is 0 Å². The van der Waals surface area contributed by atoms with E-state index in [0.29, 0.717) is 19.3 Å². The van der Waals surface area contributed by atoms with Crippen LogP contribution in [0.25, 0.3) is 0 Å². The molecule has 0 rings (SSSR count). The Morgan fingerprint density at radius 3 is 1.45 bits per heavy atom. The van der Waals surface area contributed by atoms with Crippen LogP contribution in [0.3, 0.4) is 0 Å². The predicted octanol–water partition coefficient (Wildman–Crippen LogP) is 14.7. The molecule has 3 unspecified atom stereocenters. The molecule has 62 heavy (non-hydrogen) atoms. The summed E-state index contributed by atoms with van der Waals surface area (Å²) in [5, 5.41) is 23.7. The van der Waals surface area contributed by atoms with Gasteiger partial charge in [0.2, 0.25) is 5.91 Å². The summed E-state index contributed by atoms with van der Waals surface area (Å²) in [4.78, 5) is 26.1. The molecule has 348 valence electrons. The van der Waals surface area contributed by atoms with Crippen molar-refractivity contribution in [3.8, 4) is 0 Å². The number of hydrogen-bond donors (Lipinski definition) is 3. The summed E-state index contributed by atoms with van der Waals surface area (Å²) in [6.07, 6.45) is 68.0. The number of aliphatic hydroxyl groups is 2. The lowest BCUT2D eigenvalue weighted by Crippen LogP contribution is -2.46. The van der Waals surface area contributed by atoms with Crippen LogP contribution in [0, 0.1) is 0 Å². The molecule has 0 aromatic carbocycles. The van der Waals surface area contributed by atoms with Crippen LogP contribution in [-0.4, -0.2) is 46.9 Å². The van der Waals surface area contributed by atoms with Gasteiger partial charge in [0.25, 0.3) is 0 Å². The Labute approximate surface area is 380 Å². The second kappa shape index (κ2) is 48.0. The fourth-order valence-electron chi connectivity index (χ4n) is 6.51. The van der Waals surface area contributed by atoms with E-state index in [4.69, 9.17) is 4.74 Å². The Bertz CT molecular complexity index is 1370. The Morgan fingerprint density at radius 2 is 0.952 bits per heavy atom. The van der Waals surface area contributed by atoms with Crippen LogP contribution in [0.1, 0.15) is 181 Å². The molecule has 0 aliphatic carbocycles. The van der Waals surface area contributed by atoms with Gasteiger partial charge in [0, 0.05) is 6.42 Å². The highest BCUT2D eigenvalue weighted by Gasteiger charge is 2.23. The van der Waals surface area contributed by atoms with Crippen LogP contribution < -0.4 is 5.32 Å². The maximum Gasteiger partial charge on any atom is 0.306 e. The van der Waals surface area contributed by atoms with Gasteiger partial charge in [-0.1, -0.05) is 231 Å². The van der Waals surface area contributed by atoms with Crippen LogP contribution in [0.15, 0.2) is 134 Å². The fraction of sp³-hybridized carbons (Fsp3) is 0.571. The average Bonchev–Trinajstić information content (AvgIpc) is 3.26. The van der Waals surface area contributed by atoms with E-state index in [1.807, 2.05) is 66.8 Å². The summed E-state index contributed by atoms with van der Waals surface area (Å²) >= 11 is 0. The monoisotopic (exact) mass is 856 g/mol. The minimum atomic E-state index is -0.828. The minimum absolute atomic E-state index is 0.0127. The quantitative estimate of drug-likeness (QED) is 0.0246. The van der Waals surface area contributed by atoms with Gasteiger partial charge in [-0.25, -0.2) is 0 Å². The number of aliphatic hydroxyl groups excluding tert-OH is 2. The molecule has 0 aromatic heterocycles. The Morgan fingerprint density at radius 1 is 0.500 bits per heavy atom. The largest absolute Gasteiger partial charge is 0.462 e. The van der Waals surface area contributed by atoms with E-state index in [1.165, 1.54) is 57.8 Å². The molecule has 0 radical (unpaired) electrons. The zero-order valence-electron chi connectivity index (χ0n) is 39.4. The first-order valence-electron chi connectivity index (χ1n) is 24.5. The van der Waals surface area contributed by atoms with E-state index in [9.17, 15) is 19.8 Å². The average molecular weight is 856 g/mol. The first kappa shape index (κ1) is 58.0. The smallest absolute Gasteiger partial charge is 0.306 e. The maximum atomic E-state index is 13.2. The molecular weight excluding hydrogens is 767 g/mol. The van der Waals surface area contributed by atoms with Crippen LogP contribution in [0.4, 0.5) is 0 Å². The zero-order valence-corrected chi connectivity index (χ0v) is 39.4. The first-order chi connectivity index (χ1) is 30.5. The van der Waals surface area contributed by atoms with Gasteiger partial charge in [0.15, 0.2) is 0 Å². The molecule has 3 N–H and O–H groups in total. The highest BCUT2D eigenvalue weighted by atomic mass is 16.5. The lowest BCUT2D eigenvalue weighted by molar-refractivity contribution is -0.150. The van der Waals surface area contributed by atoms with E-state index in [-0.39, 0.29) is 31.3 Å². The van der Waals surface area contributed by atoms with Gasteiger partial charge in [-0.3, -0.25) is 9.59 Å². The highest BCUT2D eigenvalue weighted by molar-refractivity contribution is 5.77. The van der Waals surface area contributed by atoms with E-state index in [1.54, 1.807) is 0 Å². The van der Waals surface area contributed by atoms with E-state index < -0.39 is 18.2 Å². The standard InChI is InChI=1S/C56H89NO5/c1-4-7-10-13-16-19-22-25-27-29-31-34-37-40-43-46-49-56(61)62-52(47-44-41-38-35-32-30-28-26-23-20-17-14-11-8-5-2)50-55(60)57-53(51-58)54(59)48-45-42-39-36-33-24-21-18-15-12-9-6-3/h7-8,10-11,14,16-17,19-20,23,25-28,30-32,34-35,38,40,43,52-54,58-59H,4-6,9,12-13,15,18,21-22,24,29,33,36-37,39,41-42,44-51H2,1-3H3,(H,57,60)/b10-7+,11-8-,17-14+,19-16+,23-20+,27-25+,28-26-,32-30+,34-31+,38-35+,43-40+. The summed E-state index contributed by atoms with van der Waals surface area (Å²) in [6, 6.07) is -0.749. The SMILES string of the molecule is CC\C=C/C=C/C=C/C=C\C=C\C=C\CCCC(CC(=O)NC(CO)C(O)CCCCCCCCCCCCCC)OC(=O)CC/C=C/C/C=C/C/C=C/C/C=C/C/C=C/CC. The second-order valence-electron chi connectivity index (χ2n) is 15.9. The van der Waals surface area contributed by atoms with Crippen molar-refractivity contribution in [2.45, 2.75) is 200 Å². The summed E-state index contributed by atoms with van der Waals surface area (Å²) in [7, 11) is 0. The van der Waals surface area contributed by atoms with Crippen molar-refractivity contribution >= 4 is 11.9 Å². The molecule has 0 saturated heterocycles. The lowest BCUT2D eigenvalue weighted by Gasteiger charge is -2.24. The van der Waals surface area contributed by atoms with Gasteiger partial charge < -0.3 is 20.3 Å². The van der Waals surface area contributed by atoms with Crippen LogP contribution in [-0.2, 0) is 14.3 Å². The van der Waals surface area contributed by atoms with Crippen molar-refractivity contribution in [1.29, 1.82) is 0 Å². The molecule has 3 atom stereocenters. The number of rotatable bonds is 41.